The van der Waals surface area contributed by atoms with Gasteiger partial charge in [-0.3, -0.25) is 4.90 Å². The largest absolute Gasteiger partial charge is 0.492 e. The second-order valence-electron chi connectivity index (χ2n) is 6.47. The molecule has 3 aromatic rings. The lowest BCUT2D eigenvalue weighted by atomic mass is 10.1. The van der Waals surface area contributed by atoms with Crippen molar-refractivity contribution in [2.45, 2.75) is 17.0 Å². The number of hydrogen-bond donors (Lipinski definition) is 0. The minimum atomic E-state index is 0.369. The van der Waals surface area contributed by atoms with Gasteiger partial charge in [-0.1, -0.05) is 101 Å². The van der Waals surface area contributed by atoms with Crippen molar-refractivity contribution in [3.63, 3.8) is 0 Å². The molecule has 0 heterocycles. The van der Waals surface area contributed by atoms with Gasteiger partial charge in [-0.2, -0.15) is 0 Å². The highest BCUT2D eigenvalue weighted by molar-refractivity contribution is 14.1. The van der Waals surface area contributed by atoms with Crippen molar-refractivity contribution >= 4 is 34.2 Å². The van der Waals surface area contributed by atoms with Crippen molar-refractivity contribution in [2.24, 2.45) is 0 Å². The number of rotatable bonds is 9. The van der Waals surface area contributed by atoms with Gasteiger partial charge in [0.1, 0.15) is 12.4 Å². The zero-order chi connectivity index (χ0) is 18.9. The van der Waals surface area contributed by atoms with Crippen LogP contribution in [0.3, 0.4) is 0 Å². The number of halogens is 2. The highest BCUT2D eigenvalue weighted by Crippen LogP contribution is 2.20. The quantitative estimate of drug-likeness (QED) is 0.260. The molecule has 140 valence electrons. The molecule has 0 amide bonds. The van der Waals surface area contributed by atoms with Crippen molar-refractivity contribution in [1.82, 2.24) is 4.90 Å². The van der Waals surface area contributed by atoms with Crippen LogP contribution in [-0.2, 0) is 13.1 Å². The maximum Gasteiger partial charge on any atom is 0.119 e. The zero-order valence-electron chi connectivity index (χ0n) is 15.1. The topological polar surface area (TPSA) is 12.5 Å². The molecule has 27 heavy (non-hydrogen) atoms. The Morgan fingerprint density at radius 1 is 0.815 bits per heavy atom. The number of ether oxygens (including phenoxy) is 1. The average molecular weight is 492 g/mol. The van der Waals surface area contributed by atoms with E-state index in [4.69, 9.17) is 16.3 Å². The number of alkyl halides is 1. The van der Waals surface area contributed by atoms with Gasteiger partial charge in [0.2, 0.25) is 0 Å². The monoisotopic (exact) mass is 491 g/mol. The molecule has 3 rings (SSSR count). The summed E-state index contributed by atoms with van der Waals surface area (Å²) in [6, 6.07) is 28.6. The van der Waals surface area contributed by atoms with E-state index in [0.717, 1.165) is 36.0 Å². The molecule has 0 saturated heterocycles. The van der Waals surface area contributed by atoms with Crippen LogP contribution in [0.15, 0.2) is 84.9 Å². The third-order valence-corrected chi connectivity index (χ3v) is 5.35. The van der Waals surface area contributed by atoms with Gasteiger partial charge in [0.25, 0.3) is 0 Å². The standard InChI is InChI=1S/C23H23ClINO/c24-23-14-8-7-11-20(23)16-26(15-19-9-3-1-4-10-19)17-21(25)18-27-22-12-5-2-6-13-22/h1-14,21H,15-18H2. The van der Waals surface area contributed by atoms with Crippen LogP contribution in [0.5, 0.6) is 5.75 Å². The van der Waals surface area contributed by atoms with E-state index in [-0.39, 0.29) is 0 Å². The minimum absolute atomic E-state index is 0.369. The van der Waals surface area contributed by atoms with Crippen molar-refractivity contribution in [1.29, 1.82) is 0 Å². The highest BCUT2D eigenvalue weighted by atomic mass is 127. The maximum atomic E-state index is 6.40. The zero-order valence-corrected chi connectivity index (χ0v) is 18.0. The molecule has 2 nitrogen and oxygen atoms in total. The molecule has 0 N–H and O–H groups in total. The molecule has 0 fully saturated rings. The van der Waals surface area contributed by atoms with E-state index < -0.39 is 0 Å². The molecular formula is C23H23ClINO. The molecule has 1 unspecified atom stereocenters. The lowest BCUT2D eigenvalue weighted by molar-refractivity contribution is 0.231. The molecule has 0 aromatic heterocycles. The van der Waals surface area contributed by atoms with Crippen molar-refractivity contribution in [3.8, 4) is 5.75 Å². The second kappa shape index (κ2) is 10.7. The van der Waals surface area contributed by atoms with Crippen molar-refractivity contribution < 1.29 is 4.74 Å². The summed E-state index contributed by atoms with van der Waals surface area (Å²) in [6.45, 7) is 3.31. The third kappa shape index (κ3) is 6.83. The van der Waals surface area contributed by atoms with Crippen molar-refractivity contribution in [3.05, 3.63) is 101 Å². The van der Waals surface area contributed by atoms with Gasteiger partial charge in [-0.15, -0.1) is 0 Å². The predicted octanol–water partition coefficient (Wildman–Crippen LogP) is 6.22. The molecule has 1 atom stereocenters. The summed E-state index contributed by atoms with van der Waals surface area (Å²) in [7, 11) is 0. The van der Waals surface area contributed by atoms with Gasteiger partial charge in [-0.25, -0.2) is 0 Å². The average Bonchev–Trinajstić information content (AvgIpc) is 2.70. The first-order valence-electron chi connectivity index (χ1n) is 9.02. The summed E-state index contributed by atoms with van der Waals surface area (Å²) in [5.74, 6) is 0.917. The Labute approximate surface area is 180 Å². The van der Waals surface area contributed by atoms with Gasteiger partial charge in [-0.05, 0) is 29.3 Å². The lowest BCUT2D eigenvalue weighted by Crippen LogP contribution is -2.32. The number of benzene rings is 3. The number of hydrogen-bond acceptors (Lipinski definition) is 2. The van der Waals surface area contributed by atoms with E-state index in [1.54, 1.807) is 0 Å². The molecule has 0 bridgehead atoms. The molecule has 3 aromatic carbocycles. The van der Waals surface area contributed by atoms with Gasteiger partial charge >= 0.3 is 0 Å². The Kier molecular flexibility index (Phi) is 7.99. The number of nitrogens with zero attached hydrogens (tertiary/aromatic N) is 1. The molecule has 0 spiro atoms. The van der Waals surface area contributed by atoms with Gasteiger partial charge in [0.15, 0.2) is 0 Å². The van der Waals surface area contributed by atoms with E-state index in [1.807, 2.05) is 48.5 Å². The fourth-order valence-electron chi connectivity index (χ4n) is 2.93. The summed E-state index contributed by atoms with van der Waals surface area (Å²) in [6.07, 6.45) is 0. The molecule has 0 aliphatic heterocycles. The van der Waals surface area contributed by atoms with Crippen LogP contribution in [0.4, 0.5) is 0 Å². The van der Waals surface area contributed by atoms with Gasteiger partial charge in [0.05, 0.1) is 3.92 Å². The maximum absolute atomic E-state index is 6.40. The Bertz CT molecular complexity index is 813. The molecule has 0 radical (unpaired) electrons. The third-order valence-electron chi connectivity index (χ3n) is 4.23. The van der Waals surface area contributed by atoms with E-state index in [2.05, 4.69) is 63.9 Å². The summed E-state index contributed by atoms with van der Waals surface area (Å²) in [5.41, 5.74) is 2.46. The molecule has 0 aliphatic rings. The summed E-state index contributed by atoms with van der Waals surface area (Å²) in [4.78, 5) is 2.43. The van der Waals surface area contributed by atoms with E-state index in [0.29, 0.717) is 10.5 Å². The summed E-state index contributed by atoms with van der Waals surface area (Å²) in [5, 5.41) is 0.820. The fourth-order valence-corrected chi connectivity index (χ4v) is 3.86. The van der Waals surface area contributed by atoms with Crippen LogP contribution in [0.2, 0.25) is 5.02 Å². The first-order chi connectivity index (χ1) is 13.2. The van der Waals surface area contributed by atoms with Crippen LogP contribution in [0, 0.1) is 0 Å². The molecule has 0 aliphatic carbocycles. The minimum Gasteiger partial charge on any atom is -0.492 e. The van der Waals surface area contributed by atoms with E-state index in [1.165, 1.54) is 5.56 Å². The Morgan fingerprint density at radius 3 is 2.15 bits per heavy atom. The van der Waals surface area contributed by atoms with Crippen LogP contribution < -0.4 is 4.74 Å². The van der Waals surface area contributed by atoms with Crippen LogP contribution in [-0.4, -0.2) is 22.0 Å². The van der Waals surface area contributed by atoms with Crippen LogP contribution >= 0.6 is 34.2 Å². The summed E-state index contributed by atoms with van der Waals surface area (Å²) >= 11 is 8.87. The van der Waals surface area contributed by atoms with Gasteiger partial charge < -0.3 is 4.74 Å². The Hall–Kier alpha value is -1.56. The molecule has 4 heteroatoms. The van der Waals surface area contributed by atoms with E-state index in [9.17, 15) is 0 Å². The predicted molar refractivity (Wildman–Crippen MR) is 122 cm³/mol. The van der Waals surface area contributed by atoms with E-state index >= 15 is 0 Å². The fraction of sp³-hybridized carbons (Fsp3) is 0.217. The molecular weight excluding hydrogens is 469 g/mol. The molecule has 0 saturated carbocycles. The Morgan fingerprint density at radius 2 is 1.44 bits per heavy atom. The number of para-hydroxylation sites is 1. The van der Waals surface area contributed by atoms with Crippen LogP contribution in [0.1, 0.15) is 11.1 Å². The SMILES string of the molecule is Clc1ccccc1CN(Cc1ccccc1)CC(I)COc1ccccc1. The second-order valence-corrected chi connectivity index (χ2v) is 8.64. The van der Waals surface area contributed by atoms with Crippen molar-refractivity contribution in [2.75, 3.05) is 13.2 Å². The Balaban J connectivity index is 1.64. The van der Waals surface area contributed by atoms with Crippen LogP contribution in [0.25, 0.3) is 0 Å². The van der Waals surface area contributed by atoms with Gasteiger partial charge in [0, 0.05) is 24.7 Å². The normalized spacial score (nSPS) is 12.1. The lowest BCUT2D eigenvalue weighted by Gasteiger charge is -2.26. The highest BCUT2D eigenvalue weighted by Gasteiger charge is 2.15. The first kappa shape index (κ1) is 20.2. The smallest absolute Gasteiger partial charge is 0.119 e. The summed E-state index contributed by atoms with van der Waals surface area (Å²) < 4.78 is 6.30. The first-order valence-corrected chi connectivity index (χ1v) is 10.6.